The van der Waals surface area contributed by atoms with Crippen molar-refractivity contribution in [3.8, 4) is 0 Å². The minimum absolute atomic E-state index is 0.176. The monoisotopic (exact) mass is 354 g/mol. The van der Waals surface area contributed by atoms with Crippen molar-refractivity contribution < 1.29 is 4.39 Å². The fraction of sp³-hybridized carbons (Fsp3) is 0.478. The average molecular weight is 355 g/mol. The molecule has 0 saturated carbocycles. The second kappa shape index (κ2) is 8.22. The second-order valence-electron chi connectivity index (χ2n) is 7.98. The Labute approximate surface area is 157 Å². The lowest BCUT2D eigenvalue weighted by Gasteiger charge is -2.44. The first-order chi connectivity index (χ1) is 12.4. The smallest absolute Gasteiger partial charge is 0.125 e. The summed E-state index contributed by atoms with van der Waals surface area (Å²) in [6.45, 7) is 9.96. The number of anilines is 1. The topological polar surface area (TPSA) is 15.3 Å². The summed E-state index contributed by atoms with van der Waals surface area (Å²) in [5.41, 5.74) is 3.40. The van der Waals surface area contributed by atoms with Crippen LogP contribution in [0.2, 0.25) is 0 Å². The molecule has 0 bridgehead atoms. The van der Waals surface area contributed by atoms with Crippen LogP contribution in [0.25, 0.3) is 0 Å². The lowest BCUT2D eigenvalue weighted by molar-refractivity contribution is 0.0583. The molecule has 1 fully saturated rings. The molecule has 26 heavy (non-hydrogen) atoms. The first kappa shape index (κ1) is 18.9. The van der Waals surface area contributed by atoms with Gasteiger partial charge in [0, 0.05) is 30.4 Å². The van der Waals surface area contributed by atoms with Crippen LogP contribution in [0.1, 0.15) is 44.7 Å². The number of hydrogen-bond donors (Lipinski definition) is 1. The van der Waals surface area contributed by atoms with Gasteiger partial charge in [0.15, 0.2) is 0 Å². The van der Waals surface area contributed by atoms with Crippen molar-refractivity contribution in [2.75, 3.05) is 5.32 Å². The fourth-order valence-electron chi connectivity index (χ4n) is 4.30. The van der Waals surface area contributed by atoms with E-state index in [-0.39, 0.29) is 5.82 Å². The highest BCUT2D eigenvalue weighted by molar-refractivity contribution is 5.51. The number of hydrogen-bond acceptors (Lipinski definition) is 2. The van der Waals surface area contributed by atoms with Gasteiger partial charge in [0.25, 0.3) is 0 Å². The number of likely N-dealkylation sites (tertiary alicyclic amines) is 1. The Morgan fingerprint density at radius 2 is 1.73 bits per heavy atom. The number of rotatable bonds is 5. The number of nitrogens with zero attached hydrogens (tertiary/aromatic N) is 1. The third-order valence-corrected chi connectivity index (χ3v) is 5.92. The fourth-order valence-corrected chi connectivity index (χ4v) is 4.30. The molecule has 0 aromatic heterocycles. The number of piperidine rings is 1. The molecule has 3 heteroatoms. The van der Waals surface area contributed by atoms with Crippen molar-refractivity contribution in [3.63, 3.8) is 0 Å². The van der Waals surface area contributed by atoms with Crippen LogP contribution in [0.4, 0.5) is 10.1 Å². The van der Waals surface area contributed by atoms with Crippen LogP contribution in [0, 0.1) is 18.7 Å². The summed E-state index contributed by atoms with van der Waals surface area (Å²) >= 11 is 0. The zero-order chi connectivity index (χ0) is 18.7. The van der Waals surface area contributed by atoms with E-state index in [2.05, 4.69) is 61.3 Å². The van der Waals surface area contributed by atoms with E-state index in [1.54, 1.807) is 6.07 Å². The van der Waals surface area contributed by atoms with Gasteiger partial charge in [-0.1, -0.05) is 36.4 Å². The summed E-state index contributed by atoms with van der Waals surface area (Å²) in [6.07, 6.45) is 2.33. The van der Waals surface area contributed by atoms with Crippen molar-refractivity contribution in [3.05, 3.63) is 65.5 Å². The standard InChI is InChI=1S/C23H31FN2/c1-16-10-11-22(24)14-23(16)25-19(4)21-12-17(2)26(18(3)13-21)15-20-8-6-5-7-9-20/h5-11,14,17-19,21,25H,12-13,15H2,1-4H3. The van der Waals surface area contributed by atoms with Gasteiger partial charge in [0.1, 0.15) is 5.82 Å². The Hall–Kier alpha value is -1.87. The van der Waals surface area contributed by atoms with Crippen LogP contribution < -0.4 is 5.32 Å². The van der Waals surface area contributed by atoms with Gasteiger partial charge in [0.05, 0.1) is 0 Å². The molecule has 1 aliphatic heterocycles. The Morgan fingerprint density at radius 3 is 2.38 bits per heavy atom. The van der Waals surface area contributed by atoms with Crippen LogP contribution in [0.3, 0.4) is 0 Å². The molecule has 0 amide bonds. The Balaban J connectivity index is 1.63. The summed E-state index contributed by atoms with van der Waals surface area (Å²) in [5.74, 6) is 0.416. The van der Waals surface area contributed by atoms with Gasteiger partial charge in [-0.2, -0.15) is 0 Å². The molecule has 1 N–H and O–H groups in total. The molecule has 0 spiro atoms. The van der Waals surface area contributed by atoms with Crippen molar-refractivity contribution in [2.45, 2.75) is 65.2 Å². The van der Waals surface area contributed by atoms with Crippen molar-refractivity contribution in [1.29, 1.82) is 0 Å². The summed E-state index contributed by atoms with van der Waals surface area (Å²) in [7, 11) is 0. The van der Waals surface area contributed by atoms with E-state index in [9.17, 15) is 4.39 Å². The summed E-state index contributed by atoms with van der Waals surface area (Å²) in [6, 6.07) is 17.1. The molecule has 0 aliphatic carbocycles. The highest BCUT2D eigenvalue weighted by Gasteiger charge is 2.33. The van der Waals surface area contributed by atoms with Gasteiger partial charge in [-0.15, -0.1) is 0 Å². The van der Waals surface area contributed by atoms with Gasteiger partial charge in [0.2, 0.25) is 0 Å². The van der Waals surface area contributed by atoms with Crippen LogP contribution in [-0.2, 0) is 6.54 Å². The first-order valence-corrected chi connectivity index (χ1v) is 9.76. The van der Waals surface area contributed by atoms with E-state index in [0.717, 1.165) is 17.8 Å². The Bertz CT molecular complexity index is 703. The molecule has 1 aliphatic rings. The number of nitrogens with one attached hydrogen (secondary N) is 1. The third-order valence-electron chi connectivity index (χ3n) is 5.92. The highest BCUT2D eigenvalue weighted by atomic mass is 19.1. The van der Waals surface area contributed by atoms with E-state index >= 15 is 0 Å². The highest BCUT2D eigenvalue weighted by Crippen LogP contribution is 2.32. The van der Waals surface area contributed by atoms with Crippen LogP contribution in [0.15, 0.2) is 48.5 Å². The normalized spacial score (nSPS) is 25.0. The third kappa shape index (κ3) is 4.45. The number of halogens is 1. The lowest BCUT2D eigenvalue weighted by Crippen LogP contribution is -2.49. The van der Waals surface area contributed by atoms with E-state index in [1.165, 1.54) is 24.5 Å². The van der Waals surface area contributed by atoms with Crippen molar-refractivity contribution >= 4 is 5.69 Å². The maximum atomic E-state index is 13.6. The van der Waals surface area contributed by atoms with Gasteiger partial charge >= 0.3 is 0 Å². The van der Waals surface area contributed by atoms with Crippen LogP contribution in [0.5, 0.6) is 0 Å². The van der Waals surface area contributed by atoms with Gasteiger partial charge in [-0.05, 0) is 69.7 Å². The SMILES string of the molecule is Cc1ccc(F)cc1NC(C)C1CC(C)N(Cc2ccccc2)C(C)C1. The molecule has 3 rings (SSSR count). The van der Waals surface area contributed by atoms with Crippen LogP contribution in [-0.4, -0.2) is 23.0 Å². The molecule has 1 heterocycles. The summed E-state index contributed by atoms with van der Waals surface area (Å²) < 4.78 is 13.6. The maximum absolute atomic E-state index is 13.6. The molecule has 140 valence electrons. The predicted molar refractivity (Wildman–Crippen MR) is 108 cm³/mol. The van der Waals surface area contributed by atoms with E-state index in [0.29, 0.717) is 24.0 Å². The van der Waals surface area contributed by atoms with E-state index in [1.807, 2.05) is 13.0 Å². The van der Waals surface area contributed by atoms with E-state index < -0.39 is 0 Å². The summed E-state index contributed by atoms with van der Waals surface area (Å²) in [4.78, 5) is 2.62. The maximum Gasteiger partial charge on any atom is 0.125 e. The molecule has 0 radical (unpaired) electrons. The quantitative estimate of drug-likeness (QED) is 0.749. The molecule has 3 atom stereocenters. The molecular formula is C23H31FN2. The number of benzene rings is 2. The Morgan fingerprint density at radius 1 is 1.08 bits per heavy atom. The molecule has 3 unspecified atom stereocenters. The van der Waals surface area contributed by atoms with Gasteiger partial charge in [-0.3, -0.25) is 4.90 Å². The molecule has 2 nitrogen and oxygen atoms in total. The molecule has 2 aromatic carbocycles. The van der Waals surface area contributed by atoms with Crippen molar-refractivity contribution in [2.24, 2.45) is 5.92 Å². The average Bonchev–Trinajstić information content (AvgIpc) is 2.62. The number of aryl methyl sites for hydroxylation is 1. The van der Waals surface area contributed by atoms with E-state index in [4.69, 9.17) is 0 Å². The zero-order valence-electron chi connectivity index (χ0n) is 16.4. The van der Waals surface area contributed by atoms with Crippen LogP contribution >= 0.6 is 0 Å². The zero-order valence-corrected chi connectivity index (χ0v) is 16.4. The van der Waals surface area contributed by atoms with Gasteiger partial charge < -0.3 is 5.32 Å². The molecule has 2 aromatic rings. The molecule has 1 saturated heterocycles. The largest absolute Gasteiger partial charge is 0.382 e. The second-order valence-corrected chi connectivity index (χ2v) is 7.98. The van der Waals surface area contributed by atoms with Gasteiger partial charge in [-0.25, -0.2) is 4.39 Å². The van der Waals surface area contributed by atoms with Crippen molar-refractivity contribution in [1.82, 2.24) is 4.90 Å². The summed E-state index contributed by atoms with van der Waals surface area (Å²) in [5, 5.41) is 3.57. The minimum Gasteiger partial charge on any atom is -0.382 e. The molecular weight excluding hydrogens is 323 g/mol. The Kier molecular flexibility index (Phi) is 5.98. The lowest BCUT2D eigenvalue weighted by atomic mass is 9.82. The minimum atomic E-state index is -0.176. The first-order valence-electron chi connectivity index (χ1n) is 9.76. The predicted octanol–water partition coefficient (Wildman–Crippen LogP) is 5.62.